The topological polar surface area (TPSA) is 74.3 Å². The predicted molar refractivity (Wildman–Crippen MR) is 136 cm³/mol. The van der Waals surface area contributed by atoms with E-state index in [0.717, 1.165) is 12.8 Å². The SMILES string of the molecule is CCCCCCCCCCCCCCCCC=COC(=O)C(CC(=O)OC)C12COCN1COC2. The highest BCUT2D eigenvalue weighted by Crippen LogP contribution is 2.38. The second-order valence-corrected chi connectivity index (χ2v) is 10.1. The van der Waals surface area contributed by atoms with Gasteiger partial charge in [-0.15, -0.1) is 0 Å². The zero-order valence-electron chi connectivity index (χ0n) is 22.3. The van der Waals surface area contributed by atoms with Gasteiger partial charge in [0.1, 0.15) is 13.5 Å². The Labute approximate surface area is 212 Å². The molecule has 0 bridgehead atoms. The van der Waals surface area contributed by atoms with Gasteiger partial charge in [0.2, 0.25) is 0 Å². The van der Waals surface area contributed by atoms with Crippen molar-refractivity contribution in [3.63, 3.8) is 0 Å². The quantitative estimate of drug-likeness (QED) is 0.115. The highest BCUT2D eigenvalue weighted by molar-refractivity contribution is 5.81. The van der Waals surface area contributed by atoms with Crippen LogP contribution < -0.4 is 0 Å². The highest BCUT2D eigenvalue weighted by atomic mass is 16.6. The van der Waals surface area contributed by atoms with Gasteiger partial charge in [0.25, 0.3) is 0 Å². The van der Waals surface area contributed by atoms with Crippen LogP contribution in [0.15, 0.2) is 12.3 Å². The van der Waals surface area contributed by atoms with Crippen LogP contribution in [0, 0.1) is 5.92 Å². The molecule has 0 N–H and O–H groups in total. The van der Waals surface area contributed by atoms with Crippen LogP contribution in [-0.4, -0.2) is 56.2 Å². The lowest BCUT2D eigenvalue weighted by Crippen LogP contribution is -2.53. The Balaban J connectivity index is 1.52. The van der Waals surface area contributed by atoms with Crippen LogP contribution in [0.25, 0.3) is 0 Å². The van der Waals surface area contributed by atoms with Crippen molar-refractivity contribution < 1.29 is 28.5 Å². The Morgan fingerprint density at radius 2 is 1.37 bits per heavy atom. The Morgan fingerprint density at radius 1 is 0.857 bits per heavy atom. The van der Waals surface area contributed by atoms with Crippen LogP contribution in [0.4, 0.5) is 0 Å². The number of carbonyl (C=O) groups excluding carboxylic acids is 2. The highest BCUT2D eigenvalue weighted by Gasteiger charge is 2.55. The Kier molecular flexibility index (Phi) is 15.2. The largest absolute Gasteiger partial charge is 0.469 e. The molecule has 0 saturated carbocycles. The van der Waals surface area contributed by atoms with Gasteiger partial charge in [0.15, 0.2) is 0 Å². The van der Waals surface area contributed by atoms with Crippen LogP contribution in [0.5, 0.6) is 0 Å². The van der Waals surface area contributed by atoms with Crippen molar-refractivity contribution in [2.24, 2.45) is 5.92 Å². The van der Waals surface area contributed by atoms with Gasteiger partial charge in [0.05, 0.1) is 44.5 Å². The lowest BCUT2D eigenvalue weighted by Gasteiger charge is -2.33. The number of fused-ring (bicyclic) bond motifs is 1. The molecule has 2 aliphatic rings. The molecule has 2 rings (SSSR count). The molecule has 0 aromatic heterocycles. The Morgan fingerprint density at radius 3 is 1.89 bits per heavy atom. The molecule has 2 fully saturated rings. The number of nitrogens with zero attached hydrogens (tertiary/aromatic N) is 1. The number of rotatable bonds is 20. The first-order valence-corrected chi connectivity index (χ1v) is 14.0. The molecule has 35 heavy (non-hydrogen) atoms. The van der Waals surface area contributed by atoms with Gasteiger partial charge in [0, 0.05) is 0 Å². The van der Waals surface area contributed by atoms with E-state index in [1.54, 1.807) is 0 Å². The van der Waals surface area contributed by atoms with Crippen LogP contribution in [-0.2, 0) is 28.5 Å². The number of methoxy groups -OCH3 is 1. The third-order valence-corrected chi connectivity index (χ3v) is 7.36. The van der Waals surface area contributed by atoms with Crippen LogP contribution in [0.3, 0.4) is 0 Å². The lowest BCUT2D eigenvalue weighted by molar-refractivity contribution is -0.154. The van der Waals surface area contributed by atoms with Crippen molar-refractivity contribution in [2.45, 2.75) is 115 Å². The van der Waals surface area contributed by atoms with E-state index in [-0.39, 0.29) is 6.42 Å². The summed E-state index contributed by atoms with van der Waals surface area (Å²) in [6.45, 7) is 3.73. The predicted octanol–water partition coefficient (Wildman–Crippen LogP) is 6.11. The molecule has 202 valence electrons. The first-order valence-electron chi connectivity index (χ1n) is 14.0. The monoisotopic (exact) mass is 495 g/mol. The summed E-state index contributed by atoms with van der Waals surface area (Å²) in [5.74, 6) is -1.56. The van der Waals surface area contributed by atoms with E-state index in [1.807, 2.05) is 11.0 Å². The fourth-order valence-corrected chi connectivity index (χ4v) is 5.07. The minimum absolute atomic E-state index is 0.0502. The maximum atomic E-state index is 12.9. The Hall–Kier alpha value is -1.44. The molecule has 0 spiro atoms. The third-order valence-electron chi connectivity index (χ3n) is 7.36. The standard InChI is InChI=1S/C28H49NO6/c1-3-4-5-6-7-8-9-10-11-12-13-14-15-16-17-18-19-35-27(31)25(20-26(30)32-2)28-21-33-23-29(28)24-34-22-28/h18-19,25H,3-17,20-24H2,1-2H3. The number of hydrogen-bond acceptors (Lipinski definition) is 7. The molecule has 2 saturated heterocycles. The molecule has 2 aliphatic heterocycles. The van der Waals surface area contributed by atoms with E-state index in [2.05, 4.69) is 6.92 Å². The number of ether oxygens (including phenoxy) is 4. The van der Waals surface area contributed by atoms with Crippen molar-refractivity contribution in [1.29, 1.82) is 0 Å². The van der Waals surface area contributed by atoms with Crippen LogP contribution >= 0.6 is 0 Å². The maximum Gasteiger partial charge on any atom is 0.316 e. The van der Waals surface area contributed by atoms with E-state index < -0.39 is 23.4 Å². The smallest absolute Gasteiger partial charge is 0.316 e. The molecular formula is C28H49NO6. The van der Waals surface area contributed by atoms with Crippen LogP contribution in [0.1, 0.15) is 110 Å². The fraction of sp³-hybridized carbons (Fsp3) is 0.857. The first kappa shape index (κ1) is 29.8. The van der Waals surface area contributed by atoms with E-state index >= 15 is 0 Å². The van der Waals surface area contributed by atoms with E-state index in [1.165, 1.54) is 96.8 Å². The molecule has 0 radical (unpaired) electrons. The number of unbranched alkanes of at least 4 members (excludes halogenated alkanes) is 14. The van der Waals surface area contributed by atoms with Crippen molar-refractivity contribution in [2.75, 3.05) is 33.8 Å². The van der Waals surface area contributed by atoms with Gasteiger partial charge in [-0.05, 0) is 18.9 Å². The van der Waals surface area contributed by atoms with E-state index in [4.69, 9.17) is 18.9 Å². The molecule has 2 heterocycles. The number of allylic oxidation sites excluding steroid dienone is 1. The van der Waals surface area contributed by atoms with Gasteiger partial charge in [-0.25, -0.2) is 4.90 Å². The molecular weight excluding hydrogens is 446 g/mol. The second kappa shape index (κ2) is 17.9. The van der Waals surface area contributed by atoms with Crippen molar-refractivity contribution in [3.8, 4) is 0 Å². The zero-order chi connectivity index (χ0) is 25.2. The number of hydrogen-bond donors (Lipinski definition) is 0. The molecule has 0 aromatic rings. The lowest BCUT2D eigenvalue weighted by atomic mass is 9.82. The summed E-state index contributed by atoms with van der Waals surface area (Å²) in [4.78, 5) is 26.8. The van der Waals surface area contributed by atoms with Gasteiger partial charge >= 0.3 is 11.9 Å². The van der Waals surface area contributed by atoms with Crippen molar-refractivity contribution in [3.05, 3.63) is 12.3 Å². The molecule has 1 atom stereocenters. The average molecular weight is 496 g/mol. The summed E-state index contributed by atoms with van der Waals surface area (Å²) in [6.07, 6.45) is 23.0. The minimum atomic E-state index is -0.689. The average Bonchev–Trinajstić information content (AvgIpc) is 3.45. The van der Waals surface area contributed by atoms with Crippen molar-refractivity contribution >= 4 is 11.9 Å². The van der Waals surface area contributed by atoms with E-state index in [0.29, 0.717) is 26.7 Å². The summed E-state index contributed by atoms with van der Waals surface area (Å²) < 4.78 is 21.4. The molecule has 0 amide bonds. The molecule has 7 nitrogen and oxygen atoms in total. The minimum Gasteiger partial charge on any atom is -0.469 e. The fourth-order valence-electron chi connectivity index (χ4n) is 5.07. The first-order chi connectivity index (χ1) is 17.1. The van der Waals surface area contributed by atoms with Gasteiger partial charge in [-0.1, -0.05) is 90.4 Å². The normalized spacial score (nSPS) is 18.1. The molecule has 0 aromatic carbocycles. The molecule has 1 unspecified atom stereocenters. The summed E-state index contributed by atoms with van der Waals surface area (Å²) in [7, 11) is 1.33. The summed E-state index contributed by atoms with van der Waals surface area (Å²) >= 11 is 0. The number of esters is 2. The third kappa shape index (κ3) is 10.6. The summed E-state index contributed by atoms with van der Waals surface area (Å²) in [5.41, 5.74) is -0.659. The van der Waals surface area contributed by atoms with Crippen molar-refractivity contribution in [1.82, 2.24) is 4.90 Å². The van der Waals surface area contributed by atoms with Gasteiger partial charge < -0.3 is 18.9 Å². The maximum absolute atomic E-state index is 12.9. The number of carbonyl (C=O) groups is 2. The van der Waals surface area contributed by atoms with Crippen LogP contribution in [0.2, 0.25) is 0 Å². The van der Waals surface area contributed by atoms with E-state index in [9.17, 15) is 9.59 Å². The molecule has 0 aliphatic carbocycles. The van der Waals surface area contributed by atoms with Gasteiger partial charge in [-0.2, -0.15) is 0 Å². The van der Waals surface area contributed by atoms with Gasteiger partial charge in [-0.3, -0.25) is 9.59 Å². The second-order valence-electron chi connectivity index (χ2n) is 10.1. The molecule has 7 heteroatoms. The Bertz CT molecular complexity index is 613. The summed E-state index contributed by atoms with van der Waals surface area (Å²) in [6, 6.07) is 0. The zero-order valence-corrected chi connectivity index (χ0v) is 22.3. The summed E-state index contributed by atoms with van der Waals surface area (Å²) in [5, 5.41) is 0.